The Hall–Kier alpha value is -3.19. The number of rotatable bonds is 10. The van der Waals surface area contributed by atoms with Crippen molar-refractivity contribution in [1.82, 2.24) is 5.32 Å². The Labute approximate surface area is 186 Å². The Morgan fingerprint density at radius 2 is 1.58 bits per heavy atom. The molecule has 0 fully saturated rings. The van der Waals surface area contributed by atoms with Crippen LogP contribution in [0, 0.1) is 0 Å². The van der Waals surface area contributed by atoms with Crippen molar-refractivity contribution in [2.45, 2.75) is 6.42 Å². The van der Waals surface area contributed by atoms with Crippen molar-refractivity contribution in [3.05, 3.63) is 66.2 Å². The fourth-order valence-electron chi connectivity index (χ4n) is 3.13. The van der Waals surface area contributed by atoms with E-state index in [0.717, 1.165) is 22.0 Å². The highest BCUT2D eigenvalue weighted by atomic mass is 32.2. The van der Waals surface area contributed by atoms with E-state index in [9.17, 15) is 9.59 Å². The third-order valence-electron chi connectivity index (χ3n) is 4.68. The molecule has 0 atom stereocenters. The number of fused-ring (bicyclic) bond motifs is 1. The third-order valence-corrected chi connectivity index (χ3v) is 5.62. The molecule has 0 aliphatic rings. The lowest BCUT2D eigenvalue weighted by Crippen LogP contribution is -2.28. The van der Waals surface area contributed by atoms with Crippen LogP contribution in [-0.4, -0.2) is 44.1 Å². The smallest absolute Gasteiger partial charge is 0.234 e. The number of ether oxygens (including phenoxy) is 2. The number of hydrogen-bond donors (Lipinski definition) is 2. The molecule has 0 saturated carbocycles. The minimum absolute atomic E-state index is 0.0935. The van der Waals surface area contributed by atoms with Gasteiger partial charge < -0.3 is 20.1 Å². The summed E-state index contributed by atoms with van der Waals surface area (Å²) in [6.45, 7) is 0.512. The summed E-state index contributed by atoms with van der Waals surface area (Å²) in [4.78, 5) is 24.2. The molecule has 0 saturated heterocycles. The summed E-state index contributed by atoms with van der Waals surface area (Å²) in [6.07, 6.45) is 0.680. The van der Waals surface area contributed by atoms with Crippen molar-refractivity contribution in [3.8, 4) is 11.5 Å². The molecule has 2 amide bonds. The lowest BCUT2D eigenvalue weighted by atomic mass is 10.1. The normalized spacial score (nSPS) is 10.5. The van der Waals surface area contributed by atoms with Crippen LogP contribution in [0.25, 0.3) is 10.8 Å². The van der Waals surface area contributed by atoms with Gasteiger partial charge in [-0.1, -0.05) is 36.4 Å². The summed E-state index contributed by atoms with van der Waals surface area (Å²) in [5.41, 5.74) is 1.80. The first-order valence-corrected chi connectivity index (χ1v) is 11.1. The minimum atomic E-state index is -0.126. The van der Waals surface area contributed by atoms with Crippen LogP contribution in [0.2, 0.25) is 0 Å². The Morgan fingerprint density at radius 3 is 2.35 bits per heavy atom. The first kappa shape index (κ1) is 22.5. The second-order valence-corrected chi connectivity index (χ2v) is 7.88. The van der Waals surface area contributed by atoms with Crippen molar-refractivity contribution in [2.75, 3.05) is 37.6 Å². The molecule has 0 heterocycles. The predicted molar refractivity (Wildman–Crippen MR) is 126 cm³/mol. The van der Waals surface area contributed by atoms with Gasteiger partial charge in [-0.3, -0.25) is 9.59 Å². The van der Waals surface area contributed by atoms with Gasteiger partial charge in [0.1, 0.15) is 0 Å². The van der Waals surface area contributed by atoms with E-state index < -0.39 is 0 Å². The van der Waals surface area contributed by atoms with Crippen LogP contribution in [-0.2, 0) is 16.0 Å². The highest BCUT2D eigenvalue weighted by Gasteiger charge is 2.08. The van der Waals surface area contributed by atoms with Crippen LogP contribution >= 0.6 is 11.8 Å². The summed E-state index contributed by atoms with van der Waals surface area (Å²) in [5.74, 6) is 1.57. The second kappa shape index (κ2) is 11.3. The maximum atomic E-state index is 12.2. The van der Waals surface area contributed by atoms with Crippen molar-refractivity contribution in [2.24, 2.45) is 0 Å². The van der Waals surface area contributed by atoms with Crippen molar-refractivity contribution < 1.29 is 19.1 Å². The third kappa shape index (κ3) is 6.65. The second-order valence-electron chi connectivity index (χ2n) is 6.89. The Bertz CT molecular complexity index is 1050. The zero-order chi connectivity index (χ0) is 22.1. The molecule has 0 aromatic heterocycles. The van der Waals surface area contributed by atoms with Gasteiger partial charge in [0.05, 0.1) is 25.7 Å². The molecule has 0 radical (unpaired) electrons. The molecule has 162 valence electrons. The Morgan fingerprint density at radius 1 is 0.839 bits per heavy atom. The molecule has 6 nitrogen and oxygen atoms in total. The fourth-order valence-corrected chi connectivity index (χ4v) is 3.78. The lowest BCUT2D eigenvalue weighted by molar-refractivity contribution is -0.118. The van der Waals surface area contributed by atoms with Crippen molar-refractivity contribution in [3.63, 3.8) is 0 Å². The number of methoxy groups -OCH3 is 2. The number of carbonyl (C=O) groups is 2. The number of thioether (sulfide) groups is 1. The van der Waals surface area contributed by atoms with Gasteiger partial charge in [-0.2, -0.15) is 0 Å². The molecule has 0 aliphatic heterocycles. The molecule has 0 aliphatic carbocycles. The predicted octanol–water partition coefficient (Wildman–Crippen LogP) is 3.89. The zero-order valence-corrected chi connectivity index (χ0v) is 18.5. The fraction of sp³-hybridized carbons (Fsp3) is 0.250. The number of hydrogen-bond acceptors (Lipinski definition) is 5. The van der Waals surface area contributed by atoms with E-state index in [1.807, 2.05) is 60.7 Å². The molecular weight excluding hydrogens is 412 g/mol. The number of carbonyl (C=O) groups excluding carboxylic acids is 2. The Kier molecular flexibility index (Phi) is 8.18. The summed E-state index contributed by atoms with van der Waals surface area (Å²) in [6, 6.07) is 19.5. The van der Waals surface area contributed by atoms with Crippen LogP contribution in [0.5, 0.6) is 11.5 Å². The molecule has 3 aromatic carbocycles. The molecule has 31 heavy (non-hydrogen) atoms. The molecule has 3 aromatic rings. The summed E-state index contributed by atoms with van der Waals surface area (Å²) >= 11 is 1.29. The molecule has 0 bridgehead atoms. The van der Waals surface area contributed by atoms with E-state index in [1.165, 1.54) is 11.8 Å². The van der Waals surface area contributed by atoms with E-state index in [0.29, 0.717) is 24.5 Å². The quantitative estimate of drug-likeness (QED) is 0.502. The van der Waals surface area contributed by atoms with Crippen LogP contribution in [0.1, 0.15) is 5.56 Å². The van der Waals surface area contributed by atoms with E-state index in [1.54, 1.807) is 14.2 Å². The first-order valence-electron chi connectivity index (χ1n) is 9.93. The number of anilines is 1. The van der Waals surface area contributed by atoms with E-state index >= 15 is 0 Å². The molecule has 3 rings (SSSR count). The van der Waals surface area contributed by atoms with Crippen LogP contribution in [0.15, 0.2) is 60.7 Å². The molecule has 7 heteroatoms. The maximum absolute atomic E-state index is 12.2. The highest BCUT2D eigenvalue weighted by Crippen LogP contribution is 2.27. The van der Waals surface area contributed by atoms with Crippen molar-refractivity contribution in [1.29, 1.82) is 0 Å². The number of amides is 2. The minimum Gasteiger partial charge on any atom is -0.493 e. The van der Waals surface area contributed by atoms with Gasteiger partial charge in [0.15, 0.2) is 11.5 Å². The average Bonchev–Trinajstić information content (AvgIpc) is 2.78. The summed E-state index contributed by atoms with van der Waals surface area (Å²) in [5, 5.41) is 7.95. The largest absolute Gasteiger partial charge is 0.493 e. The van der Waals surface area contributed by atoms with Gasteiger partial charge in [-0.25, -0.2) is 0 Å². The van der Waals surface area contributed by atoms with E-state index in [-0.39, 0.29) is 23.3 Å². The topological polar surface area (TPSA) is 76.7 Å². The van der Waals surface area contributed by atoms with Crippen LogP contribution < -0.4 is 20.1 Å². The average molecular weight is 439 g/mol. The van der Waals surface area contributed by atoms with E-state index in [2.05, 4.69) is 10.6 Å². The van der Waals surface area contributed by atoms with E-state index in [4.69, 9.17) is 9.47 Å². The SMILES string of the molecule is COc1ccc(CCNC(=O)CSCC(=O)Nc2ccc3ccccc3c2)cc1OC. The van der Waals surface area contributed by atoms with Crippen molar-refractivity contribution >= 4 is 40.0 Å². The Balaban J connectivity index is 1.36. The summed E-state index contributed by atoms with van der Waals surface area (Å²) in [7, 11) is 3.19. The number of benzene rings is 3. The molecule has 0 spiro atoms. The van der Waals surface area contributed by atoms with Gasteiger partial charge in [-0.15, -0.1) is 11.8 Å². The van der Waals surface area contributed by atoms with Gasteiger partial charge in [0.2, 0.25) is 11.8 Å². The highest BCUT2D eigenvalue weighted by molar-refractivity contribution is 8.00. The van der Waals surface area contributed by atoms with Crippen LogP contribution in [0.3, 0.4) is 0 Å². The van der Waals surface area contributed by atoms with Gasteiger partial charge in [0, 0.05) is 12.2 Å². The zero-order valence-electron chi connectivity index (χ0n) is 17.6. The molecular formula is C24H26N2O4S. The molecule has 0 unspecified atom stereocenters. The molecule has 2 N–H and O–H groups in total. The van der Waals surface area contributed by atoms with Gasteiger partial charge in [-0.05, 0) is 47.0 Å². The van der Waals surface area contributed by atoms with Gasteiger partial charge in [0.25, 0.3) is 0 Å². The van der Waals surface area contributed by atoms with Crippen LogP contribution in [0.4, 0.5) is 5.69 Å². The first-order chi connectivity index (χ1) is 15.1. The lowest BCUT2D eigenvalue weighted by Gasteiger charge is -2.10. The summed E-state index contributed by atoms with van der Waals surface area (Å²) < 4.78 is 10.5. The maximum Gasteiger partial charge on any atom is 0.234 e. The standard InChI is InChI=1S/C24H26N2O4S/c1-29-21-10-7-17(13-22(21)30-2)11-12-25-23(27)15-31-16-24(28)26-20-9-8-18-5-3-4-6-19(18)14-20/h3-10,13-14H,11-12,15-16H2,1-2H3,(H,25,27)(H,26,28). The number of nitrogens with one attached hydrogen (secondary N) is 2. The van der Waals surface area contributed by atoms with Gasteiger partial charge >= 0.3 is 0 Å². The monoisotopic (exact) mass is 438 g/mol.